The Bertz CT molecular complexity index is 2080. The Labute approximate surface area is 314 Å². The molecule has 1 saturated heterocycles. The number of likely N-dealkylation sites (tertiary alicyclic amines) is 1. The Morgan fingerprint density at radius 1 is 1.09 bits per heavy atom. The summed E-state index contributed by atoms with van der Waals surface area (Å²) in [6.45, 7) is 15.9. The molecule has 4 amide bonds. The predicted octanol–water partition coefficient (Wildman–Crippen LogP) is 4.16. The van der Waals surface area contributed by atoms with E-state index in [2.05, 4.69) is 27.1 Å². The van der Waals surface area contributed by atoms with E-state index in [9.17, 15) is 27.6 Å². The van der Waals surface area contributed by atoms with Gasteiger partial charge in [0.05, 0.1) is 17.5 Å². The highest BCUT2D eigenvalue weighted by molar-refractivity contribution is 7.91. The fourth-order valence-corrected chi connectivity index (χ4v) is 8.02. The number of fused-ring (bicyclic) bond motifs is 1. The summed E-state index contributed by atoms with van der Waals surface area (Å²) in [5.74, 6) is -2.37. The van der Waals surface area contributed by atoms with Gasteiger partial charge in [0.15, 0.2) is 5.75 Å². The van der Waals surface area contributed by atoms with Gasteiger partial charge in [-0.15, -0.1) is 6.58 Å². The zero-order valence-electron chi connectivity index (χ0n) is 31.6. The average Bonchev–Trinajstić information content (AvgIpc) is 3.99. The molecular formula is C38H48N6O9S. The molecule has 16 heteroatoms. The molecule has 3 aliphatic rings. The molecule has 5 atom stereocenters. The molecule has 0 unspecified atom stereocenters. The molecule has 1 aliphatic heterocycles. The molecule has 290 valence electrons. The fraction of sp³-hybridized carbons (Fsp3) is 0.526. The van der Waals surface area contributed by atoms with Gasteiger partial charge in [0.1, 0.15) is 40.5 Å². The predicted molar refractivity (Wildman–Crippen MR) is 198 cm³/mol. The van der Waals surface area contributed by atoms with Crippen molar-refractivity contribution in [3.8, 4) is 17.0 Å². The Balaban J connectivity index is 1.33. The van der Waals surface area contributed by atoms with E-state index < -0.39 is 79.7 Å². The van der Waals surface area contributed by atoms with Crippen LogP contribution in [0.1, 0.15) is 72.9 Å². The lowest BCUT2D eigenvalue weighted by atomic mass is 9.85. The van der Waals surface area contributed by atoms with Crippen molar-refractivity contribution in [1.82, 2.24) is 30.4 Å². The molecule has 3 aromatic rings. The van der Waals surface area contributed by atoms with Crippen LogP contribution in [0.5, 0.6) is 5.75 Å². The van der Waals surface area contributed by atoms with Gasteiger partial charge in [0, 0.05) is 24.0 Å². The van der Waals surface area contributed by atoms with Gasteiger partial charge in [-0.2, -0.15) is 0 Å². The molecule has 2 aliphatic carbocycles. The highest BCUT2D eigenvalue weighted by Crippen LogP contribution is 2.46. The number of pyridine rings is 1. The molecule has 3 fully saturated rings. The zero-order chi connectivity index (χ0) is 39.4. The normalized spacial score (nSPS) is 23.3. The fourth-order valence-electron chi connectivity index (χ4n) is 6.66. The first-order chi connectivity index (χ1) is 25.2. The van der Waals surface area contributed by atoms with E-state index in [0.717, 1.165) is 5.56 Å². The molecule has 1 aromatic carbocycles. The van der Waals surface area contributed by atoms with Gasteiger partial charge in [-0.3, -0.25) is 19.1 Å². The number of hydrogen-bond acceptors (Lipinski definition) is 11. The van der Waals surface area contributed by atoms with E-state index in [0.29, 0.717) is 35.5 Å². The third kappa shape index (κ3) is 8.08. The van der Waals surface area contributed by atoms with Gasteiger partial charge < -0.3 is 29.5 Å². The number of aryl methyl sites for hydroxylation is 1. The maximum Gasteiger partial charge on any atom is 0.408 e. The van der Waals surface area contributed by atoms with Crippen LogP contribution in [0.25, 0.3) is 22.4 Å². The first-order valence-electron chi connectivity index (χ1n) is 18.0. The molecule has 2 saturated carbocycles. The number of ether oxygens (including phenoxy) is 2. The van der Waals surface area contributed by atoms with Gasteiger partial charge in [0.2, 0.25) is 27.4 Å². The van der Waals surface area contributed by atoms with Crippen LogP contribution in [0.4, 0.5) is 4.79 Å². The van der Waals surface area contributed by atoms with Crippen LogP contribution in [-0.4, -0.2) is 88.4 Å². The van der Waals surface area contributed by atoms with E-state index >= 15 is 0 Å². The maximum atomic E-state index is 14.6. The number of carbonyl (C=O) groups excluding carboxylic acids is 4. The Morgan fingerprint density at radius 2 is 1.78 bits per heavy atom. The molecule has 3 heterocycles. The van der Waals surface area contributed by atoms with Crippen molar-refractivity contribution < 1.29 is 41.6 Å². The smallest absolute Gasteiger partial charge is 0.408 e. The number of benzene rings is 1. The SMILES string of the molecule is C=C[C@H]1C[C@@]1(NC(=O)[C@@H]1C[C@@H](Oc2cc(-c3ccccc3)nc3c(C)noc23)CN1C(=O)[C@@H](NC(=O)OC(C)(C)C)C(C)(C)C)C(=O)NS(=O)(=O)C1CC1. The van der Waals surface area contributed by atoms with Crippen LogP contribution in [0.15, 0.2) is 53.6 Å². The van der Waals surface area contributed by atoms with Gasteiger partial charge in [0.25, 0.3) is 5.91 Å². The molecule has 0 spiro atoms. The van der Waals surface area contributed by atoms with Gasteiger partial charge >= 0.3 is 6.09 Å². The first-order valence-corrected chi connectivity index (χ1v) is 19.6. The highest BCUT2D eigenvalue weighted by Gasteiger charge is 2.62. The molecule has 2 aromatic heterocycles. The lowest BCUT2D eigenvalue weighted by molar-refractivity contribution is -0.143. The molecule has 0 bridgehead atoms. The summed E-state index contributed by atoms with van der Waals surface area (Å²) in [6, 6.07) is 8.84. The number of sulfonamides is 1. The van der Waals surface area contributed by atoms with E-state index in [1.165, 1.54) is 11.0 Å². The summed E-state index contributed by atoms with van der Waals surface area (Å²) in [7, 11) is -3.92. The van der Waals surface area contributed by atoms with Crippen molar-refractivity contribution >= 4 is 44.9 Å². The van der Waals surface area contributed by atoms with E-state index in [1.807, 2.05) is 30.3 Å². The molecule has 0 radical (unpaired) electrons. The van der Waals surface area contributed by atoms with E-state index in [4.69, 9.17) is 19.0 Å². The number of rotatable bonds is 11. The molecule has 3 N–H and O–H groups in total. The third-order valence-electron chi connectivity index (χ3n) is 9.79. The lowest BCUT2D eigenvalue weighted by Gasteiger charge is -2.36. The molecular weight excluding hydrogens is 717 g/mol. The van der Waals surface area contributed by atoms with E-state index in [1.54, 1.807) is 54.5 Å². The topological polar surface area (TPSA) is 199 Å². The number of nitrogens with one attached hydrogen (secondary N) is 3. The standard InChI is InChI=1S/C38H48N6O9S/c1-9-23-19-38(23,34(47)43-54(49,50)25-15-16-25)41-32(45)27-17-24(20-44(27)33(46)31(36(3,4)5)40-35(48)52-37(6,7)8)51-28-18-26(22-13-11-10-12-14-22)39-29-21(2)42-53-30(28)29/h9-14,18,23-25,27,31H,1,15-17,19-20H2,2-8H3,(H,40,48)(H,41,45)(H,43,47)/t23-,24+,27-,31+,38-/m0/s1. The monoisotopic (exact) mass is 764 g/mol. The quantitative estimate of drug-likeness (QED) is 0.237. The maximum absolute atomic E-state index is 14.6. The minimum Gasteiger partial charge on any atom is -0.484 e. The number of amides is 4. The van der Waals surface area contributed by atoms with Gasteiger partial charge in [-0.05, 0) is 52.4 Å². The Morgan fingerprint density at radius 3 is 2.37 bits per heavy atom. The average molecular weight is 765 g/mol. The number of aromatic nitrogens is 2. The summed E-state index contributed by atoms with van der Waals surface area (Å²) in [5.41, 5.74) is -0.524. The van der Waals surface area contributed by atoms with Crippen molar-refractivity contribution in [3.05, 3.63) is 54.7 Å². The summed E-state index contributed by atoms with van der Waals surface area (Å²) in [6.07, 6.45) is 0.911. The third-order valence-corrected chi connectivity index (χ3v) is 11.6. The summed E-state index contributed by atoms with van der Waals surface area (Å²) in [4.78, 5) is 61.5. The van der Waals surface area contributed by atoms with Crippen molar-refractivity contribution in [2.45, 2.75) is 109 Å². The second kappa shape index (κ2) is 14.0. The van der Waals surface area contributed by atoms with Gasteiger partial charge in [-0.1, -0.05) is 62.3 Å². The van der Waals surface area contributed by atoms with Gasteiger partial charge in [-0.25, -0.2) is 18.2 Å². The zero-order valence-corrected chi connectivity index (χ0v) is 32.4. The molecule has 15 nitrogen and oxygen atoms in total. The van der Waals surface area contributed by atoms with Crippen LogP contribution < -0.4 is 20.1 Å². The van der Waals surface area contributed by atoms with Crippen molar-refractivity contribution in [3.63, 3.8) is 0 Å². The number of hydrogen-bond donors (Lipinski definition) is 3. The highest BCUT2D eigenvalue weighted by atomic mass is 32.2. The van der Waals surface area contributed by atoms with E-state index in [-0.39, 0.29) is 25.0 Å². The van der Waals surface area contributed by atoms with Crippen LogP contribution in [-0.2, 0) is 29.1 Å². The first kappa shape index (κ1) is 38.7. The largest absolute Gasteiger partial charge is 0.484 e. The second-order valence-corrected chi connectivity index (χ2v) is 18.4. The lowest BCUT2D eigenvalue weighted by Crippen LogP contribution is -2.60. The summed E-state index contributed by atoms with van der Waals surface area (Å²) >= 11 is 0. The molecule has 6 rings (SSSR count). The number of nitrogens with zero attached hydrogens (tertiary/aromatic N) is 3. The summed E-state index contributed by atoms with van der Waals surface area (Å²) in [5, 5.41) is 8.92. The second-order valence-electron chi connectivity index (χ2n) is 16.4. The summed E-state index contributed by atoms with van der Waals surface area (Å²) < 4.78 is 45.2. The minimum atomic E-state index is -3.92. The van der Waals surface area contributed by atoms with Crippen molar-refractivity contribution in [1.29, 1.82) is 0 Å². The van der Waals surface area contributed by atoms with Crippen molar-refractivity contribution in [2.24, 2.45) is 11.3 Å². The molecule has 54 heavy (non-hydrogen) atoms. The van der Waals surface area contributed by atoms with Crippen molar-refractivity contribution in [2.75, 3.05) is 6.54 Å². The number of carbonyl (C=O) groups is 4. The number of alkyl carbamates (subject to hydrolysis) is 1. The minimum absolute atomic E-state index is 0.0185. The van der Waals surface area contributed by atoms with Crippen LogP contribution in [0.3, 0.4) is 0 Å². The Hall–Kier alpha value is -4.99. The van der Waals surface area contributed by atoms with Crippen LogP contribution in [0, 0.1) is 18.3 Å². The van der Waals surface area contributed by atoms with Crippen LogP contribution in [0.2, 0.25) is 0 Å². The Kier molecular flexibility index (Phi) is 10.1. The van der Waals surface area contributed by atoms with Crippen LogP contribution >= 0.6 is 0 Å².